The molecule has 1 aromatic carbocycles. The average Bonchev–Trinajstić information content (AvgIpc) is 2.96. The maximum Gasteiger partial charge on any atom is 0.217 e. The summed E-state index contributed by atoms with van der Waals surface area (Å²) in [4.78, 5) is 4.37. The van der Waals surface area contributed by atoms with Gasteiger partial charge in [0.2, 0.25) is 9.84 Å². The van der Waals surface area contributed by atoms with E-state index in [0.717, 1.165) is 35.3 Å². The van der Waals surface area contributed by atoms with Crippen LogP contribution in [0.15, 0.2) is 33.5 Å². The fourth-order valence-electron chi connectivity index (χ4n) is 1.92. The van der Waals surface area contributed by atoms with Crippen molar-refractivity contribution in [2.45, 2.75) is 42.3 Å². The molecule has 0 spiro atoms. The van der Waals surface area contributed by atoms with Crippen LogP contribution in [-0.4, -0.2) is 13.4 Å². The van der Waals surface area contributed by atoms with Crippen LogP contribution < -0.4 is 5.73 Å². The summed E-state index contributed by atoms with van der Waals surface area (Å²) in [5.74, 6) is 0. The Morgan fingerprint density at radius 3 is 2.14 bits per heavy atom. The summed E-state index contributed by atoms with van der Waals surface area (Å²) in [5.41, 5.74) is 7.56. The molecule has 2 N–H and O–H groups in total. The van der Waals surface area contributed by atoms with Crippen LogP contribution in [0.3, 0.4) is 0 Å². The van der Waals surface area contributed by atoms with Gasteiger partial charge < -0.3 is 5.73 Å². The molecule has 0 atom stereocenters. The fourth-order valence-corrected chi connectivity index (χ4v) is 4.50. The van der Waals surface area contributed by atoms with E-state index < -0.39 is 9.84 Å². The maximum absolute atomic E-state index is 12.6. The molecule has 116 valence electrons. The summed E-state index contributed by atoms with van der Waals surface area (Å²) in [6.45, 7) is 4.30. The Balaban J connectivity index is 0.00000220. The summed E-state index contributed by atoms with van der Waals surface area (Å²) >= 11 is 1.14. The lowest BCUT2D eigenvalue weighted by Gasteiger charge is -2.07. The highest BCUT2D eigenvalue weighted by atomic mass is 35.5. The van der Waals surface area contributed by atoms with Crippen molar-refractivity contribution in [2.24, 2.45) is 5.73 Å². The van der Waals surface area contributed by atoms with E-state index in [0.29, 0.717) is 9.90 Å². The van der Waals surface area contributed by atoms with Crippen molar-refractivity contribution in [3.63, 3.8) is 0 Å². The van der Waals surface area contributed by atoms with Gasteiger partial charge in [-0.25, -0.2) is 13.4 Å². The minimum absolute atomic E-state index is 0. The number of hydrogen-bond acceptors (Lipinski definition) is 5. The summed E-state index contributed by atoms with van der Waals surface area (Å²) in [6.07, 6.45) is 3.02. The monoisotopic (exact) mass is 346 g/mol. The first-order valence-corrected chi connectivity index (χ1v) is 8.84. The zero-order valence-corrected chi connectivity index (χ0v) is 14.4. The fraction of sp³-hybridized carbons (Fsp3) is 0.357. The van der Waals surface area contributed by atoms with Crippen LogP contribution in [0.1, 0.15) is 30.0 Å². The molecule has 0 amide bonds. The average molecular weight is 347 g/mol. The Morgan fingerprint density at radius 2 is 1.71 bits per heavy atom. The highest BCUT2D eigenvalue weighted by Crippen LogP contribution is 2.27. The van der Waals surface area contributed by atoms with Gasteiger partial charge in [0.25, 0.3) is 0 Å². The lowest BCUT2D eigenvalue weighted by Crippen LogP contribution is -2.02. The number of rotatable bonds is 5. The second-order valence-electron chi connectivity index (χ2n) is 4.47. The van der Waals surface area contributed by atoms with E-state index >= 15 is 0 Å². The second kappa shape index (κ2) is 7.35. The molecule has 0 unspecified atom stereocenters. The van der Waals surface area contributed by atoms with Gasteiger partial charge in [0.1, 0.15) is 9.22 Å². The molecular weight excluding hydrogens is 328 g/mol. The molecule has 0 saturated heterocycles. The summed E-state index contributed by atoms with van der Waals surface area (Å²) in [7, 11) is -3.49. The van der Waals surface area contributed by atoms with Crippen molar-refractivity contribution in [1.82, 2.24) is 4.98 Å². The predicted molar refractivity (Wildman–Crippen MR) is 87.9 cm³/mol. The number of halogens is 1. The third-order valence-corrected chi connectivity index (χ3v) is 6.34. The van der Waals surface area contributed by atoms with E-state index in [9.17, 15) is 8.42 Å². The molecular formula is C14H19ClN2O2S2. The van der Waals surface area contributed by atoms with Crippen molar-refractivity contribution < 1.29 is 8.42 Å². The molecule has 2 aromatic rings. The van der Waals surface area contributed by atoms with Crippen molar-refractivity contribution >= 4 is 33.6 Å². The zero-order valence-electron chi connectivity index (χ0n) is 12.0. The Hall–Kier alpha value is -0.950. The number of sulfone groups is 1. The number of aryl methyl sites for hydroxylation is 2. The molecule has 0 aliphatic carbocycles. The van der Waals surface area contributed by atoms with Crippen LogP contribution in [0.4, 0.5) is 0 Å². The molecule has 0 aliphatic heterocycles. The van der Waals surface area contributed by atoms with Crippen LogP contribution in [0, 0.1) is 0 Å². The highest BCUT2D eigenvalue weighted by Gasteiger charge is 2.21. The molecule has 0 bridgehead atoms. The minimum atomic E-state index is -3.49. The van der Waals surface area contributed by atoms with Gasteiger partial charge >= 0.3 is 0 Å². The first kappa shape index (κ1) is 18.1. The molecule has 0 radical (unpaired) electrons. The summed E-state index contributed by atoms with van der Waals surface area (Å²) in [5, 5.41) is 0.630. The number of hydrogen-bond donors (Lipinski definition) is 1. The van der Waals surface area contributed by atoms with Gasteiger partial charge in [-0.2, -0.15) is 0 Å². The van der Waals surface area contributed by atoms with Crippen molar-refractivity contribution in [2.75, 3.05) is 0 Å². The number of nitrogens with zero attached hydrogens (tertiary/aromatic N) is 1. The second-order valence-corrected chi connectivity index (χ2v) is 7.76. The Morgan fingerprint density at radius 1 is 1.14 bits per heavy atom. The van der Waals surface area contributed by atoms with Gasteiger partial charge in [-0.15, -0.1) is 23.7 Å². The van der Waals surface area contributed by atoms with E-state index in [1.165, 1.54) is 6.20 Å². The summed E-state index contributed by atoms with van der Waals surface area (Å²) < 4.78 is 25.5. The third-order valence-electron chi connectivity index (χ3n) is 3.12. The van der Waals surface area contributed by atoms with Gasteiger partial charge in [0.05, 0.1) is 11.1 Å². The van der Waals surface area contributed by atoms with E-state index in [2.05, 4.69) is 11.1 Å². The lowest BCUT2D eigenvalue weighted by atomic mass is 10.1. The number of thiazole rings is 1. The first-order valence-electron chi connectivity index (χ1n) is 6.54. The van der Waals surface area contributed by atoms with Crippen LogP contribution in [0.2, 0.25) is 0 Å². The normalized spacial score (nSPS) is 11.2. The van der Waals surface area contributed by atoms with Crippen molar-refractivity contribution in [1.29, 1.82) is 0 Å². The Labute approximate surface area is 135 Å². The van der Waals surface area contributed by atoms with Gasteiger partial charge in [0.15, 0.2) is 0 Å². The van der Waals surface area contributed by atoms with Crippen LogP contribution >= 0.6 is 23.7 Å². The van der Waals surface area contributed by atoms with Gasteiger partial charge in [-0.1, -0.05) is 19.9 Å². The standard InChI is InChI=1S/C14H18N2O2S2.ClH/c1-3-10-5-11(4-2)7-12(6-10)20(17,18)14-9-16-13(8-15)19-14;/h5-7,9H,3-4,8,15H2,1-2H3;1H. The predicted octanol–water partition coefficient (Wildman–Crippen LogP) is 2.98. The van der Waals surface area contributed by atoms with Crippen molar-refractivity contribution in [3.05, 3.63) is 40.5 Å². The topological polar surface area (TPSA) is 73.0 Å². The van der Waals surface area contributed by atoms with Crippen LogP contribution in [0.5, 0.6) is 0 Å². The third kappa shape index (κ3) is 3.83. The molecule has 21 heavy (non-hydrogen) atoms. The number of nitrogens with two attached hydrogens (primary N) is 1. The smallest absolute Gasteiger partial charge is 0.217 e. The minimum Gasteiger partial charge on any atom is -0.325 e. The zero-order chi connectivity index (χ0) is 14.8. The van der Waals surface area contributed by atoms with E-state index in [1.54, 1.807) is 12.1 Å². The maximum atomic E-state index is 12.6. The molecule has 4 nitrogen and oxygen atoms in total. The van der Waals surface area contributed by atoms with E-state index in [-0.39, 0.29) is 23.2 Å². The number of aromatic nitrogens is 1. The molecule has 2 rings (SSSR count). The largest absolute Gasteiger partial charge is 0.325 e. The lowest BCUT2D eigenvalue weighted by molar-refractivity contribution is 0.597. The Bertz CT molecular complexity index is 689. The molecule has 0 fully saturated rings. The van der Waals surface area contributed by atoms with Crippen LogP contribution in [0.25, 0.3) is 0 Å². The Kier molecular flexibility index (Phi) is 6.34. The SMILES string of the molecule is CCc1cc(CC)cc(S(=O)(=O)c2cnc(CN)s2)c1.Cl. The van der Waals surface area contributed by atoms with Gasteiger partial charge in [-0.05, 0) is 36.1 Å². The molecule has 0 aliphatic rings. The quantitative estimate of drug-likeness (QED) is 0.903. The van der Waals surface area contributed by atoms with Crippen molar-refractivity contribution in [3.8, 4) is 0 Å². The van der Waals surface area contributed by atoms with E-state index in [1.807, 2.05) is 13.8 Å². The summed E-state index contributed by atoms with van der Waals surface area (Å²) in [6, 6.07) is 5.55. The molecule has 1 heterocycles. The molecule has 1 aromatic heterocycles. The van der Waals surface area contributed by atoms with Crippen LogP contribution in [-0.2, 0) is 29.2 Å². The van der Waals surface area contributed by atoms with Gasteiger partial charge in [0, 0.05) is 6.54 Å². The molecule has 0 saturated carbocycles. The van der Waals surface area contributed by atoms with Gasteiger partial charge in [-0.3, -0.25) is 0 Å². The number of benzene rings is 1. The first-order chi connectivity index (χ1) is 9.51. The van der Waals surface area contributed by atoms with E-state index in [4.69, 9.17) is 5.73 Å². The molecule has 7 heteroatoms. The highest BCUT2D eigenvalue weighted by molar-refractivity contribution is 7.93.